The summed E-state index contributed by atoms with van der Waals surface area (Å²) >= 11 is 0. The Labute approximate surface area is 172 Å². The Morgan fingerprint density at radius 2 is 1.72 bits per heavy atom. The van der Waals surface area contributed by atoms with E-state index in [2.05, 4.69) is 67.6 Å². The molecule has 0 aliphatic rings. The molecule has 0 atom stereocenters. The van der Waals surface area contributed by atoms with Gasteiger partial charge in [0.15, 0.2) is 0 Å². The number of hydrogen-bond donors (Lipinski definition) is 0. The molecule has 0 fully saturated rings. The lowest BCUT2D eigenvalue weighted by atomic mass is 10.0. The lowest BCUT2D eigenvalue weighted by Gasteiger charge is -2.10. The number of hydrogen-bond acceptors (Lipinski definition) is 3. The number of ether oxygens (including phenoxy) is 1. The number of nitrogens with zero attached hydrogens (tertiary/aromatic N) is 2. The van der Waals surface area contributed by atoms with Gasteiger partial charge in [-0.3, -0.25) is 4.99 Å². The van der Waals surface area contributed by atoms with Gasteiger partial charge < -0.3 is 9.30 Å². The van der Waals surface area contributed by atoms with Crippen LogP contribution in [0.1, 0.15) is 59.6 Å². The summed E-state index contributed by atoms with van der Waals surface area (Å²) in [4.78, 5) is 16.5. The first-order valence-corrected chi connectivity index (χ1v) is 10.0. The van der Waals surface area contributed by atoms with Gasteiger partial charge in [0.1, 0.15) is 0 Å². The van der Waals surface area contributed by atoms with Crippen molar-refractivity contribution in [2.45, 2.75) is 40.5 Å². The molecule has 29 heavy (non-hydrogen) atoms. The number of rotatable bonds is 6. The van der Waals surface area contributed by atoms with Gasteiger partial charge in [0.2, 0.25) is 0 Å². The zero-order valence-electron chi connectivity index (χ0n) is 17.8. The maximum atomic E-state index is 11.9. The topological polar surface area (TPSA) is 43.6 Å². The van der Waals surface area contributed by atoms with Crippen molar-refractivity contribution in [1.82, 2.24) is 4.57 Å². The van der Waals surface area contributed by atoms with E-state index >= 15 is 0 Å². The fraction of sp³-hybridized carbons (Fsp3) is 0.280. The standard InChI is InChI=1S/C25H28N2O2/c1-6-29-25(28)21-9-13-24(14-10-21)27-18(4)15-22(19(27)5)16-26-23-11-7-20(8-12-23)17(2)3/h7-17H,6H2,1-5H3. The van der Waals surface area contributed by atoms with Crippen LogP contribution in [0.25, 0.3) is 5.69 Å². The minimum Gasteiger partial charge on any atom is -0.462 e. The number of aliphatic imine (C=N–C) groups is 1. The highest BCUT2D eigenvalue weighted by atomic mass is 16.5. The van der Waals surface area contributed by atoms with E-state index in [4.69, 9.17) is 4.74 Å². The van der Waals surface area contributed by atoms with Gasteiger partial charge in [-0.1, -0.05) is 26.0 Å². The molecule has 0 spiro atoms. The summed E-state index contributed by atoms with van der Waals surface area (Å²) in [5, 5.41) is 0. The van der Waals surface area contributed by atoms with Crippen molar-refractivity contribution < 1.29 is 9.53 Å². The van der Waals surface area contributed by atoms with Crippen LogP contribution >= 0.6 is 0 Å². The lowest BCUT2D eigenvalue weighted by Crippen LogP contribution is -2.05. The van der Waals surface area contributed by atoms with E-state index in [0.29, 0.717) is 18.1 Å². The van der Waals surface area contributed by atoms with Crippen LogP contribution < -0.4 is 0 Å². The van der Waals surface area contributed by atoms with Gasteiger partial charge in [-0.25, -0.2) is 4.79 Å². The third-order valence-corrected chi connectivity index (χ3v) is 5.02. The molecule has 0 unspecified atom stereocenters. The van der Waals surface area contributed by atoms with Gasteiger partial charge in [-0.2, -0.15) is 0 Å². The molecule has 0 radical (unpaired) electrons. The number of aryl methyl sites for hydroxylation is 1. The molecule has 3 rings (SSSR count). The summed E-state index contributed by atoms with van der Waals surface area (Å²) in [7, 11) is 0. The van der Waals surface area contributed by atoms with Crippen LogP contribution in [-0.4, -0.2) is 23.4 Å². The molecular weight excluding hydrogens is 360 g/mol. The van der Waals surface area contributed by atoms with Crippen LogP contribution in [0, 0.1) is 13.8 Å². The van der Waals surface area contributed by atoms with Crippen molar-refractivity contribution >= 4 is 17.9 Å². The quantitative estimate of drug-likeness (QED) is 0.376. The van der Waals surface area contributed by atoms with E-state index in [1.54, 1.807) is 19.1 Å². The highest BCUT2D eigenvalue weighted by Gasteiger charge is 2.11. The van der Waals surface area contributed by atoms with Crippen LogP contribution in [0.2, 0.25) is 0 Å². The van der Waals surface area contributed by atoms with Crippen molar-refractivity contribution in [3.05, 3.63) is 82.7 Å². The Hall–Kier alpha value is -3.14. The minimum atomic E-state index is -0.295. The number of carbonyl (C=O) groups excluding carboxylic acids is 1. The molecule has 0 saturated carbocycles. The lowest BCUT2D eigenvalue weighted by molar-refractivity contribution is 0.0526. The average Bonchev–Trinajstić information content (AvgIpc) is 3.00. The first-order chi connectivity index (χ1) is 13.9. The van der Waals surface area contributed by atoms with Gasteiger partial charge in [0, 0.05) is 28.9 Å². The van der Waals surface area contributed by atoms with Crippen LogP contribution in [0.15, 0.2) is 59.6 Å². The summed E-state index contributed by atoms with van der Waals surface area (Å²) in [6.45, 7) is 10.7. The number of aromatic nitrogens is 1. The fourth-order valence-corrected chi connectivity index (χ4v) is 3.37. The summed E-state index contributed by atoms with van der Waals surface area (Å²) in [5.74, 6) is 0.221. The molecule has 1 heterocycles. The van der Waals surface area contributed by atoms with Crippen molar-refractivity contribution in [3.63, 3.8) is 0 Å². The molecule has 0 aliphatic heterocycles. The van der Waals surface area contributed by atoms with Crippen molar-refractivity contribution in [1.29, 1.82) is 0 Å². The fourth-order valence-electron chi connectivity index (χ4n) is 3.37. The number of benzene rings is 2. The number of carbonyl (C=O) groups is 1. The molecule has 0 amide bonds. The predicted octanol–water partition coefficient (Wildman–Crippen LogP) is 6.14. The Morgan fingerprint density at radius 1 is 1.07 bits per heavy atom. The molecule has 150 valence electrons. The highest BCUT2D eigenvalue weighted by molar-refractivity contribution is 5.89. The molecule has 1 aromatic heterocycles. The monoisotopic (exact) mass is 388 g/mol. The van der Waals surface area contributed by atoms with Crippen molar-refractivity contribution in [2.75, 3.05) is 6.61 Å². The third-order valence-electron chi connectivity index (χ3n) is 5.02. The van der Waals surface area contributed by atoms with Crippen LogP contribution in [0.5, 0.6) is 0 Å². The van der Waals surface area contributed by atoms with Gasteiger partial charge >= 0.3 is 5.97 Å². The second-order valence-corrected chi connectivity index (χ2v) is 7.43. The van der Waals surface area contributed by atoms with E-state index < -0.39 is 0 Å². The van der Waals surface area contributed by atoms with Crippen molar-refractivity contribution in [3.8, 4) is 5.69 Å². The Morgan fingerprint density at radius 3 is 2.31 bits per heavy atom. The first-order valence-electron chi connectivity index (χ1n) is 10.0. The minimum absolute atomic E-state index is 0.295. The SMILES string of the molecule is CCOC(=O)c1ccc(-n2c(C)cc(C=Nc3ccc(C(C)C)cc3)c2C)cc1. The summed E-state index contributed by atoms with van der Waals surface area (Å²) in [5.41, 5.74) is 7.12. The van der Waals surface area contributed by atoms with Crippen molar-refractivity contribution in [2.24, 2.45) is 4.99 Å². The van der Waals surface area contributed by atoms with Gasteiger partial charge in [-0.15, -0.1) is 0 Å². The molecule has 4 heteroatoms. The maximum absolute atomic E-state index is 11.9. The van der Waals surface area contributed by atoms with E-state index in [1.807, 2.05) is 18.3 Å². The predicted molar refractivity (Wildman–Crippen MR) is 119 cm³/mol. The molecule has 2 aromatic carbocycles. The van der Waals surface area contributed by atoms with Crippen LogP contribution in [0.3, 0.4) is 0 Å². The Bertz CT molecular complexity index is 1010. The van der Waals surface area contributed by atoms with E-state index in [1.165, 1.54) is 5.56 Å². The normalized spacial score (nSPS) is 11.4. The average molecular weight is 389 g/mol. The summed E-state index contributed by atoms with van der Waals surface area (Å²) in [6, 6.07) is 18.0. The van der Waals surface area contributed by atoms with Gasteiger partial charge in [0.05, 0.1) is 17.9 Å². The third kappa shape index (κ3) is 4.65. The molecule has 3 aromatic rings. The van der Waals surface area contributed by atoms with E-state index in [9.17, 15) is 4.79 Å². The first kappa shape index (κ1) is 20.6. The molecule has 0 N–H and O–H groups in total. The van der Waals surface area contributed by atoms with E-state index in [-0.39, 0.29) is 5.97 Å². The molecule has 0 saturated heterocycles. The molecule has 4 nitrogen and oxygen atoms in total. The van der Waals surface area contributed by atoms with Gasteiger partial charge in [-0.05, 0) is 74.7 Å². The Kier molecular flexibility index (Phi) is 6.32. The maximum Gasteiger partial charge on any atom is 0.338 e. The van der Waals surface area contributed by atoms with E-state index in [0.717, 1.165) is 28.3 Å². The summed E-state index contributed by atoms with van der Waals surface area (Å²) < 4.78 is 7.22. The number of esters is 1. The molecular formula is C25H28N2O2. The highest BCUT2D eigenvalue weighted by Crippen LogP contribution is 2.22. The molecule has 0 bridgehead atoms. The zero-order valence-corrected chi connectivity index (χ0v) is 17.8. The summed E-state index contributed by atoms with van der Waals surface area (Å²) in [6.07, 6.45) is 1.91. The second-order valence-electron chi connectivity index (χ2n) is 7.43. The second kappa shape index (κ2) is 8.91. The van der Waals surface area contributed by atoms with Gasteiger partial charge in [0.25, 0.3) is 0 Å². The van der Waals surface area contributed by atoms with Crippen LogP contribution in [-0.2, 0) is 4.74 Å². The molecule has 0 aliphatic carbocycles. The largest absolute Gasteiger partial charge is 0.462 e. The van der Waals surface area contributed by atoms with Crippen LogP contribution in [0.4, 0.5) is 5.69 Å². The zero-order chi connectivity index (χ0) is 21.0. The smallest absolute Gasteiger partial charge is 0.338 e. The Balaban J connectivity index is 1.84.